The van der Waals surface area contributed by atoms with E-state index in [0.29, 0.717) is 0 Å². The van der Waals surface area contributed by atoms with Crippen LogP contribution in [0.5, 0.6) is 0 Å². The van der Waals surface area contributed by atoms with Crippen molar-refractivity contribution in [2.45, 2.75) is 24.9 Å². The van der Waals surface area contributed by atoms with Gasteiger partial charge in [0.1, 0.15) is 11.4 Å². The van der Waals surface area contributed by atoms with Crippen molar-refractivity contribution in [3.05, 3.63) is 35.6 Å². The van der Waals surface area contributed by atoms with Crippen LogP contribution in [0.1, 0.15) is 12.5 Å². The number of hydrogen-bond acceptors (Lipinski definition) is 2. The van der Waals surface area contributed by atoms with Crippen LogP contribution < -0.4 is 0 Å². The Bertz CT molecular complexity index is 412. The molecule has 0 fully saturated rings. The number of rotatable bonds is 4. The zero-order valence-electron chi connectivity index (χ0n) is 8.95. The quantitative estimate of drug-likeness (QED) is 0.854. The van der Waals surface area contributed by atoms with E-state index in [4.69, 9.17) is 5.11 Å². The van der Waals surface area contributed by atoms with Crippen molar-refractivity contribution in [2.75, 3.05) is 0 Å². The van der Waals surface area contributed by atoms with E-state index in [0.717, 1.165) is 19.1 Å². The Morgan fingerprint density at radius 3 is 2.18 bits per heavy atom. The maximum Gasteiger partial charge on any atom is 0.377 e. The van der Waals surface area contributed by atoms with Gasteiger partial charge in [-0.3, -0.25) is 0 Å². The van der Waals surface area contributed by atoms with E-state index >= 15 is 0 Å². The summed E-state index contributed by atoms with van der Waals surface area (Å²) in [5.74, 6) is -7.22. The van der Waals surface area contributed by atoms with Gasteiger partial charge >= 0.3 is 11.9 Å². The first kappa shape index (κ1) is 13.5. The number of carbonyl (C=O) groups is 1. The van der Waals surface area contributed by atoms with Gasteiger partial charge in [-0.25, -0.2) is 9.18 Å². The number of halogens is 3. The molecule has 1 rings (SSSR count). The highest BCUT2D eigenvalue weighted by Gasteiger charge is 2.55. The molecule has 1 unspecified atom stereocenters. The van der Waals surface area contributed by atoms with E-state index in [1.54, 1.807) is 0 Å². The topological polar surface area (TPSA) is 57.5 Å². The Hall–Kier alpha value is -1.56. The second-order valence-electron chi connectivity index (χ2n) is 3.96. The fraction of sp³-hybridized carbons (Fsp3) is 0.364. The van der Waals surface area contributed by atoms with E-state index in [9.17, 15) is 23.1 Å². The molecule has 6 heteroatoms. The van der Waals surface area contributed by atoms with E-state index in [-0.39, 0.29) is 5.56 Å². The minimum atomic E-state index is -4.28. The summed E-state index contributed by atoms with van der Waals surface area (Å²) in [6.45, 7) is 0.727. The Balaban J connectivity index is 2.93. The van der Waals surface area contributed by atoms with Gasteiger partial charge in [0.15, 0.2) is 0 Å². The lowest BCUT2D eigenvalue weighted by Gasteiger charge is -2.29. The molecule has 0 saturated carbocycles. The van der Waals surface area contributed by atoms with Gasteiger partial charge < -0.3 is 10.2 Å². The fourth-order valence-corrected chi connectivity index (χ4v) is 1.34. The minimum absolute atomic E-state index is 0.220. The third-order valence-electron chi connectivity index (χ3n) is 2.41. The number of aliphatic hydroxyl groups is 1. The smallest absolute Gasteiger partial charge is 0.377 e. The Morgan fingerprint density at radius 2 is 1.76 bits per heavy atom. The molecule has 3 nitrogen and oxygen atoms in total. The van der Waals surface area contributed by atoms with Crippen LogP contribution >= 0.6 is 0 Å². The SMILES string of the molecule is CC(O)(Cc1ccc(F)cc1)C(F)(F)C(=O)O. The van der Waals surface area contributed by atoms with Crippen molar-refractivity contribution in [2.24, 2.45) is 0 Å². The monoisotopic (exact) mass is 248 g/mol. The summed E-state index contributed by atoms with van der Waals surface area (Å²) in [4.78, 5) is 10.3. The third kappa shape index (κ3) is 2.76. The fourth-order valence-electron chi connectivity index (χ4n) is 1.34. The summed E-state index contributed by atoms with van der Waals surface area (Å²) in [5, 5.41) is 17.8. The molecule has 0 aliphatic rings. The first-order chi connectivity index (χ1) is 7.67. The number of carboxylic acid groups (broad SMARTS) is 1. The summed E-state index contributed by atoms with van der Waals surface area (Å²) >= 11 is 0. The molecule has 1 aromatic carbocycles. The second-order valence-corrected chi connectivity index (χ2v) is 3.96. The third-order valence-corrected chi connectivity index (χ3v) is 2.41. The Labute approximate surface area is 95.5 Å². The highest BCUT2D eigenvalue weighted by Crippen LogP contribution is 2.31. The highest BCUT2D eigenvalue weighted by atomic mass is 19.3. The zero-order chi connectivity index (χ0) is 13.3. The van der Waals surface area contributed by atoms with Crippen LogP contribution in [0.2, 0.25) is 0 Å². The maximum atomic E-state index is 13.2. The van der Waals surface area contributed by atoms with Crippen molar-refractivity contribution in [3.63, 3.8) is 0 Å². The molecule has 94 valence electrons. The van der Waals surface area contributed by atoms with Gasteiger partial charge in [0, 0.05) is 6.42 Å². The van der Waals surface area contributed by atoms with Gasteiger partial charge in [-0.15, -0.1) is 0 Å². The predicted octanol–water partition coefficient (Wildman–Crippen LogP) is 1.84. The van der Waals surface area contributed by atoms with Gasteiger partial charge in [0.2, 0.25) is 0 Å². The first-order valence-corrected chi connectivity index (χ1v) is 4.75. The lowest BCUT2D eigenvalue weighted by Crippen LogP contribution is -2.52. The largest absolute Gasteiger partial charge is 0.477 e. The molecule has 2 N–H and O–H groups in total. The van der Waals surface area contributed by atoms with Gasteiger partial charge in [-0.1, -0.05) is 12.1 Å². The van der Waals surface area contributed by atoms with Crippen molar-refractivity contribution >= 4 is 5.97 Å². The standard InChI is InChI=1S/C11H11F3O3/c1-10(17,11(13,14)9(15)16)6-7-2-4-8(12)5-3-7/h2-5,17H,6H2,1H3,(H,15,16). The molecule has 1 aromatic rings. The van der Waals surface area contributed by atoms with E-state index in [2.05, 4.69) is 0 Å². The number of benzene rings is 1. The second kappa shape index (κ2) is 4.37. The summed E-state index contributed by atoms with van der Waals surface area (Å²) in [6, 6.07) is 4.51. The van der Waals surface area contributed by atoms with Crippen LogP contribution in [0.15, 0.2) is 24.3 Å². The molecular formula is C11H11F3O3. The molecule has 0 amide bonds. The molecule has 17 heavy (non-hydrogen) atoms. The average molecular weight is 248 g/mol. The molecule has 0 heterocycles. The maximum absolute atomic E-state index is 13.2. The van der Waals surface area contributed by atoms with Crippen molar-refractivity contribution in [3.8, 4) is 0 Å². The van der Waals surface area contributed by atoms with Crippen LogP contribution in [-0.2, 0) is 11.2 Å². The number of hydrogen-bond donors (Lipinski definition) is 2. The Kier molecular flexibility index (Phi) is 3.47. The molecule has 0 aliphatic heterocycles. The lowest BCUT2D eigenvalue weighted by molar-refractivity contribution is -0.203. The van der Waals surface area contributed by atoms with Crippen LogP contribution in [0.25, 0.3) is 0 Å². The van der Waals surface area contributed by atoms with Crippen LogP contribution in [0.3, 0.4) is 0 Å². The molecule has 0 bridgehead atoms. The summed E-state index contributed by atoms with van der Waals surface area (Å²) in [7, 11) is 0. The average Bonchev–Trinajstić information content (AvgIpc) is 2.20. The molecule has 0 spiro atoms. The zero-order valence-corrected chi connectivity index (χ0v) is 8.95. The van der Waals surface area contributed by atoms with Crippen molar-refractivity contribution in [1.82, 2.24) is 0 Å². The van der Waals surface area contributed by atoms with Crippen LogP contribution in [0.4, 0.5) is 13.2 Å². The van der Waals surface area contributed by atoms with Crippen molar-refractivity contribution < 1.29 is 28.2 Å². The van der Waals surface area contributed by atoms with Crippen LogP contribution in [0, 0.1) is 5.82 Å². The summed E-state index contributed by atoms with van der Waals surface area (Å²) < 4.78 is 38.9. The number of aliphatic carboxylic acids is 1. The molecule has 0 radical (unpaired) electrons. The predicted molar refractivity (Wildman–Crippen MR) is 53.3 cm³/mol. The number of carboxylic acids is 1. The summed E-state index contributed by atoms with van der Waals surface area (Å²) in [6.07, 6.45) is -0.591. The van der Waals surface area contributed by atoms with Gasteiger partial charge in [0.25, 0.3) is 0 Å². The molecule has 0 aromatic heterocycles. The molecule has 0 saturated heterocycles. The van der Waals surface area contributed by atoms with Crippen LogP contribution in [-0.4, -0.2) is 27.7 Å². The highest BCUT2D eigenvalue weighted by molar-refractivity contribution is 5.77. The minimum Gasteiger partial charge on any atom is -0.477 e. The van der Waals surface area contributed by atoms with Gasteiger partial charge in [-0.2, -0.15) is 8.78 Å². The number of alkyl halides is 2. The first-order valence-electron chi connectivity index (χ1n) is 4.75. The van der Waals surface area contributed by atoms with E-state index < -0.39 is 29.7 Å². The lowest BCUT2D eigenvalue weighted by atomic mass is 9.90. The summed E-state index contributed by atoms with van der Waals surface area (Å²) in [5.41, 5.74) is -2.52. The molecular weight excluding hydrogens is 237 g/mol. The molecule has 0 aliphatic carbocycles. The Morgan fingerprint density at radius 1 is 1.29 bits per heavy atom. The van der Waals surface area contributed by atoms with Gasteiger partial charge in [0.05, 0.1) is 0 Å². The molecule has 1 atom stereocenters. The normalized spacial score (nSPS) is 15.4. The van der Waals surface area contributed by atoms with Crippen molar-refractivity contribution in [1.29, 1.82) is 0 Å². The van der Waals surface area contributed by atoms with E-state index in [1.165, 1.54) is 12.1 Å². The van der Waals surface area contributed by atoms with E-state index in [1.807, 2.05) is 0 Å². The van der Waals surface area contributed by atoms with Gasteiger partial charge in [-0.05, 0) is 24.6 Å².